The summed E-state index contributed by atoms with van der Waals surface area (Å²) in [6, 6.07) is 21.5. The van der Waals surface area contributed by atoms with Gasteiger partial charge in [-0.25, -0.2) is 4.98 Å². The molecule has 1 aliphatic rings. The molecule has 1 heterocycles. The van der Waals surface area contributed by atoms with E-state index in [-0.39, 0.29) is 0 Å². The highest BCUT2D eigenvalue weighted by Crippen LogP contribution is 2.39. The van der Waals surface area contributed by atoms with E-state index in [0.717, 1.165) is 29.8 Å². The highest BCUT2D eigenvalue weighted by Gasteiger charge is 2.23. The Hall–Kier alpha value is -2.87. The van der Waals surface area contributed by atoms with E-state index < -0.39 is 0 Å². The minimum Gasteiger partial charge on any atom is -0.494 e. The summed E-state index contributed by atoms with van der Waals surface area (Å²) in [6.45, 7) is 5.06. The maximum Gasteiger partial charge on any atom is 0.119 e. The first-order valence-electron chi connectivity index (χ1n) is 10.3. The van der Waals surface area contributed by atoms with Crippen LogP contribution in [0, 0.1) is 5.92 Å². The first-order valence-corrected chi connectivity index (χ1v) is 10.3. The topological polar surface area (TPSA) is 22.1 Å². The number of hydrogen-bond acceptors (Lipinski definition) is 2. The van der Waals surface area contributed by atoms with Crippen molar-refractivity contribution in [2.24, 2.45) is 5.92 Å². The predicted octanol–water partition coefficient (Wildman–Crippen LogP) is 6.58. The Bertz CT molecular complexity index is 1160. The molecular formula is C26H25NO. The lowest BCUT2D eigenvalue weighted by atomic mass is 9.80. The zero-order valence-corrected chi connectivity index (χ0v) is 16.5. The highest BCUT2D eigenvalue weighted by atomic mass is 16.5. The lowest BCUT2D eigenvalue weighted by Crippen LogP contribution is -2.14. The standard InChI is InChI=1S/C26H25NO/c1-3-28-20-12-9-19(10-13-20)26-23-16-17(2)8-14-22(23)25-21-7-5-4-6-18(21)11-15-24(25)27-26/h4-7,9-13,15,17H,3,8,14,16H2,1-2H3. The monoisotopic (exact) mass is 367 g/mol. The summed E-state index contributed by atoms with van der Waals surface area (Å²) < 4.78 is 5.62. The SMILES string of the molecule is CCOc1ccc(-c2nc3ccc4ccccc4c3c3c2CC(C)CC3)cc1. The molecule has 0 aliphatic heterocycles. The second-order valence-corrected chi connectivity index (χ2v) is 7.90. The summed E-state index contributed by atoms with van der Waals surface area (Å²) in [5, 5.41) is 3.98. The van der Waals surface area contributed by atoms with Crippen LogP contribution in [0.15, 0.2) is 60.7 Å². The van der Waals surface area contributed by atoms with Crippen molar-refractivity contribution in [2.75, 3.05) is 6.61 Å². The molecule has 4 aromatic rings. The van der Waals surface area contributed by atoms with Crippen molar-refractivity contribution in [3.05, 3.63) is 71.8 Å². The molecule has 2 heteroatoms. The number of aryl methyl sites for hydroxylation is 1. The fourth-order valence-electron chi connectivity index (χ4n) is 4.60. The van der Waals surface area contributed by atoms with Crippen LogP contribution in [0.4, 0.5) is 0 Å². The quantitative estimate of drug-likeness (QED) is 0.382. The van der Waals surface area contributed by atoms with Crippen LogP contribution >= 0.6 is 0 Å². The van der Waals surface area contributed by atoms with Crippen LogP contribution in [0.5, 0.6) is 5.75 Å². The Morgan fingerprint density at radius 2 is 1.79 bits per heavy atom. The Balaban J connectivity index is 1.78. The molecule has 1 aromatic heterocycles. The van der Waals surface area contributed by atoms with Crippen molar-refractivity contribution in [1.29, 1.82) is 0 Å². The summed E-state index contributed by atoms with van der Waals surface area (Å²) in [7, 11) is 0. The first kappa shape index (κ1) is 17.2. The molecule has 28 heavy (non-hydrogen) atoms. The van der Waals surface area contributed by atoms with Gasteiger partial charge in [-0.1, -0.05) is 37.3 Å². The van der Waals surface area contributed by atoms with Crippen molar-refractivity contribution in [1.82, 2.24) is 4.98 Å². The van der Waals surface area contributed by atoms with Crippen LogP contribution in [0.3, 0.4) is 0 Å². The molecule has 1 atom stereocenters. The van der Waals surface area contributed by atoms with Crippen LogP contribution in [0.25, 0.3) is 32.9 Å². The molecular weight excluding hydrogens is 342 g/mol. The Morgan fingerprint density at radius 1 is 0.964 bits per heavy atom. The molecule has 140 valence electrons. The number of aromatic nitrogens is 1. The third-order valence-corrected chi connectivity index (χ3v) is 5.97. The van der Waals surface area contributed by atoms with E-state index >= 15 is 0 Å². The predicted molar refractivity (Wildman–Crippen MR) is 117 cm³/mol. The van der Waals surface area contributed by atoms with Crippen molar-refractivity contribution in [3.8, 4) is 17.0 Å². The van der Waals surface area contributed by atoms with Gasteiger partial charge in [0.05, 0.1) is 17.8 Å². The largest absolute Gasteiger partial charge is 0.494 e. The van der Waals surface area contributed by atoms with Crippen molar-refractivity contribution < 1.29 is 4.74 Å². The lowest BCUT2D eigenvalue weighted by molar-refractivity contribution is 0.340. The van der Waals surface area contributed by atoms with Crippen LogP contribution in [0.2, 0.25) is 0 Å². The molecule has 5 rings (SSSR count). The number of pyridine rings is 1. The summed E-state index contributed by atoms with van der Waals surface area (Å²) in [5.74, 6) is 1.61. The molecule has 0 N–H and O–H groups in total. The van der Waals surface area contributed by atoms with Gasteiger partial charge >= 0.3 is 0 Å². The first-order chi connectivity index (χ1) is 13.7. The summed E-state index contributed by atoms with van der Waals surface area (Å²) >= 11 is 0. The molecule has 2 nitrogen and oxygen atoms in total. The van der Waals surface area contributed by atoms with E-state index in [0.29, 0.717) is 12.5 Å². The van der Waals surface area contributed by atoms with E-state index in [9.17, 15) is 0 Å². The molecule has 1 unspecified atom stereocenters. The van der Waals surface area contributed by atoms with E-state index in [1.54, 1.807) is 0 Å². The number of nitrogens with zero attached hydrogens (tertiary/aromatic N) is 1. The van der Waals surface area contributed by atoms with Gasteiger partial charge in [-0.3, -0.25) is 0 Å². The summed E-state index contributed by atoms with van der Waals surface area (Å²) in [4.78, 5) is 5.18. The number of ether oxygens (including phenoxy) is 1. The smallest absolute Gasteiger partial charge is 0.119 e. The van der Waals surface area contributed by atoms with Crippen LogP contribution in [0.1, 0.15) is 31.4 Å². The molecule has 0 fully saturated rings. The highest BCUT2D eigenvalue weighted by molar-refractivity contribution is 6.09. The van der Waals surface area contributed by atoms with Gasteiger partial charge < -0.3 is 4.74 Å². The van der Waals surface area contributed by atoms with Crippen molar-refractivity contribution in [3.63, 3.8) is 0 Å². The average molecular weight is 367 g/mol. The number of rotatable bonds is 3. The molecule has 1 aliphatic carbocycles. The van der Waals surface area contributed by atoms with Gasteiger partial charge in [0.25, 0.3) is 0 Å². The maximum absolute atomic E-state index is 5.62. The van der Waals surface area contributed by atoms with Crippen molar-refractivity contribution in [2.45, 2.75) is 33.1 Å². The van der Waals surface area contributed by atoms with E-state index in [2.05, 4.69) is 67.6 Å². The zero-order chi connectivity index (χ0) is 19.1. The van der Waals surface area contributed by atoms with Gasteiger partial charge in [-0.2, -0.15) is 0 Å². The molecule has 0 radical (unpaired) electrons. The Kier molecular flexibility index (Phi) is 4.27. The van der Waals surface area contributed by atoms with Gasteiger partial charge in [0, 0.05) is 10.9 Å². The number of fused-ring (bicyclic) bond motifs is 5. The van der Waals surface area contributed by atoms with Crippen LogP contribution in [-0.4, -0.2) is 11.6 Å². The fourth-order valence-corrected chi connectivity index (χ4v) is 4.60. The van der Waals surface area contributed by atoms with Gasteiger partial charge in [0.2, 0.25) is 0 Å². The minimum absolute atomic E-state index is 0.688. The number of benzene rings is 3. The van der Waals surface area contributed by atoms with Crippen molar-refractivity contribution >= 4 is 21.7 Å². The molecule has 0 amide bonds. The third kappa shape index (κ3) is 2.84. The normalized spacial score (nSPS) is 16.3. The summed E-state index contributed by atoms with van der Waals surface area (Å²) in [5.41, 5.74) is 6.38. The second-order valence-electron chi connectivity index (χ2n) is 7.90. The molecule has 0 saturated carbocycles. The maximum atomic E-state index is 5.62. The molecule has 0 saturated heterocycles. The fraction of sp³-hybridized carbons (Fsp3) is 0.269. The molecule has 0 spiro atoms. The Morgan fingerprint density at radius 3 is 2.61 bits per heavy atom. The van der Waals surface area contributed by atoms with E-state index in [4.69, 9.17) is 9.72 Å². The minimum atomic E-state index is 0.688. The van der Waals surface area contributed by atoms with Gasteiger partial charge in [0.15, 0.2) is 0 Å². The van der Waals surface area contributed by atoms with Gasteiger partial charge in [-0.05, 0) is 84.3 Å². The third-order valence-electron chi connectivity index (χ3n) is 5.97. The number of hydrogen-bond donors (Lipinski definition) is 0. The van der Waals surface area contributed by atoms with Crippen LogP contribution in [-0.2, 0) is 12.8 Å². The van der Waals surface area contributed by atoms with E-state index in [1.807, 2.05) is 6.92 Å². The van der Waals surface area contributed by atoms with E-state index in [1.165, 1.54) is 39.3 Å². The van der Waals surface area contributed by atoms with Crippen LogP contribution < -0.4 is 4.74 Å². The Labute approximate surface area is 166 Å². The van der Waals surface area contributed by atoms with Gasteiger partial charge in [-0.15, -0.1) is 0 Å². The van der Waals surface area contributed by atoms with Gasteiger partial charge in [0.1, 0.15) is 5.75 Å². The zero-order valence-electron chi connectivity index (χ0n) is 16.5. The summed E-state index contributed by atoms with van der Waals surface area (Å²) in [6.07, 6.45) is 3.48. The molecule has 0 bridgehead atoms. The molecule has 3 aromatic carbocycles. The lowest BCUT2D eigenvalue weighted by Gasteiger charge is -2.26. The average Bonchev–Trinajstić information content (AvgIpc) is 2.73. The second kappa shape index (κ2) is 6.94.